The van der Waals surface area contributed by atoms with Crippen molar-refractivity contribution in [3.8, 4) is 11.5 Å². The van der Waals surface area contributed by atoms with E-state index in [-0.39, 0.29) is 25.0 Å². The molecule has 0 spiro atoms. The normalized spacial score (nSPS) is 13.0. The third kappa shape index (κ3) is 4.09. The molecule has 0 aromatic heterocycles. The number of aryl methyl sites for hydroxylation is 1. The number of methoxy groups -OCH3 is 1. The summed E-state index contributed by atoms with van der Waals surface area (Å²) < 4.78 is 10.3. The highest BCUT2D eigenvalue weighted by molar-refractivity contribution is 5.89. The second-order valence-corrected chi connectivity index (χ2v) is 5.93. The Kier molecular flexibility index (Phi) is 4.88. The number of esters is 1. The van der Waals surface area contributed by atoms with Crippen LogP contribution < -0.4 is 19.7 Å². The zero-order valence-electron chi connectivity index (χ0n) is 14.2. The van der Waals surface area contributed by atoms with Crippen molar-refractivity contribution in [2.24, 2.45) is 0 Å². The van der Waals surface area contributed by atoms with Gasteiger partial charge < -0.3 is 19.7 Å². The number of carbonyl (C=O) groups is 2. The van der Waals surface area contributed by atoms with Crippen molar-refractivity contribution < 1.29 is 19.1 Å². The number of ether oxygens (including phenoxy) is 2. The number of carbonyl (C=O) groups excluding carboxylic acids is 2. The van der Waals surface area contributed by atoms with Crippen molar-refractivity contribution in [3.63, 3.8) is 0 Å². The number of hydrogen-bond donors (Lipinski definition) is 1. The van der Waals surface area contributed by atoms with Crippen LogP contribution >= 0.6 is 0 Å². The topological polar surface area (TPSA) is 67.9 Å². The Morgan fingerprint density at radius 2 is 2.00 bits per heavy atom. The van der Waals surface area contributed by atoms with Gasteiger partial charge in [0.25, 0.3) is 0 Å². The second-order valence-electron chi connectivity index (χ2n) is 5.93. The molecule has 1 heterocycles. The molecule has 3 rings (SSSR count). The van der Waals surface area contributed by atoms with Crippen molar-refractivity contribution in [1.29, 1.82) is 0 Å². The van der Waals surface area contributed by atoms with Crippen molar-refractivity contribution in [2.45, 2.75) is 13.5 Å². The number of benzene rings is 2. The lowest BCUT2D eigenvalue weighted by atomic mass is 10.1. The predicted molar refractivity (Wildman–Crippen MR) is 93.9 cm³/mol. The van der Waals surface area contributed by atoms with E-state index < -0.39 is 0 Å². The van der Waals surface area contributed by atoms with Crippen molar-refractivity contribution in [3.05, 3.63) is 53.6 Å². The van der Waals surface area contributed by atoms with Gasteiger partial charge in [0.05, 0.1) is 19.3 Å². The summed E-state index contributed by atoms with van der Waals surface area (Å²) in [6, 6.07) is 13.0. The first-order chi connectivity index (χ1) is 12.0. The molecule has 1 aliphatic heterocycles. The quantitative estimate of drug-likeness (QED) is 0.666. The molecular weight excluding hydrogens is 320 g/mol. The molecule has 6 heteroatoms. The molecule has 1 amide bonds. The molecule has 25 heavy (non-hydrogen) atoms. The first-order valence-electron chi connectivity index (χ1n) is 8.01. The third-order valence-corrected chi connectivity index (χ3v) is 3.98. The van der Waals surface area contributed by atoms with Crippen LogP contribution in [0.2, 0.25) is 0 Å². The van der Waals surface area contributed by atoms with E-state index in [1.54, 1.807) is 18.1 Å². The van der Waals surface area contributed by atoms with E-state index in [2.05, 4.69) is 5.32 Å². The fourth-order valence-electron chi connectivity index (χ4n) is 2.67. The van der Waals surface area contributed by atoms with E-state index in [0.717, 1.165) is 22.6 Å². The zero-order valence-corrected chi connectivity index (χ0v) is 14.2. The van der Waals surface area contributed by atoms with Crippen LogP contribution in [0.3, 0.4) is 0 Å². The third-order valence-electron chi connectivity index (χ3n) is 3.98. The molecule has 0 radical (unpaired) electrons. The number of nitrogens with one attached hydrogen (secondary N) is 1. The van der Waals surface area contributed by atoms with Gasteiger partial charge in [-0.05, 0) is 42.3 Å². The zero-order chi connectivity index (χ0) is 17.8. The van der Waals surface area contributed by atoms with E-state index in [4.69, 9.17) is 9.47 Å². The van der Waals surface area contributed by atoms with E-state index >= 15 is 0 Å². The Bertz CT molecular complexity index is 787. The van der Waals surface area contributed by atoms with Crippen LogP contribution in [0, 0.1) is 6.92 Å². The molecule has 2 aromatic carbocycles. The smallest absolute Gasteiger partial charge is 0.331 e. The molecule has 0 unspecified atom stereocenters. The minimum Gasteiger partial charge on any atom is -0.497 e. The van der Waals surface area contributed by atoms with Crippen LogP contribution in [0.25, 0.3) is 0 Å². The van der Waals surface area contributed by atoms with E-state index in [1.807, 2.05) is 43.3 Å². The number of hydrogen-bond acceptors (Lipinski definition) is 5. The number of fused-ring (bicyclic) bond motifs is 1. The van der Waals surface area contributed by atoms with Gasteiger partial charge in [0.15, 0.2) is 5.75 Å². The average Bonchev–Trinajstić information content (AvgIpc) is 2.61. The summed E-state index contributed by atoms with van der Waals surface area (Å²) >= 11 is 0. The van der Waals surface area contributed by atoms with Crippen LogP contribution in [0.1, 0.15) is 11.1 Å². The first kappa shape index (κ1) is 16.8. The summed E-state index contributed by atoms with van der Waals surface area (Å²) in [5, 5.41) is 2.87. The minimum atomic E-state index is -0.362. The van der Waals surface area contributed by atoms with Crippen molar-refractivity contribution in [1.82, 2.24) is 5.32 Å². The molecule has 0 atom stereocenters. The minimum absolute atomic E-state index is 0.0619. The van der Waals surface area contributed by atoms with Crippen molar-refractivity contribution >= 4 is 17.6 Å². The summed E-state index contributed by atoms with van der Waals surface area (Å²) in [6.07, 6.45) is 0. The van der Waals surface area contributed by atoms with Gasteiger partial charge in [0.1, 0.15) is 12.3 Å². The number of anilines is 1. The molecule has 6 nitrogen and oxygen atoms in total. The molecule has 0 aliphatic carbocycles. The van der Waals surface area contributed by atoms with E-state index in [1.165, 1.54) is 0 Å². The Labute approximate surface area is 146 Å². The SMILES string of the molecule is COc1ccc(CNC(=O)CN2CC(=O)Oc3ccc(C)cc32)cc1. The number of amides is 1. The van der Waals surface area contributed by atoms with Gasteiger partial charge in [-0.15, -0.1) is 0 Å². The van der Waals surface area contributed by atoms with Crippen LogP contribution in [-0.4, -0.2) is 32.1 Å². The summed E-state index contributed by atoms with van der Waals surface area (Å²) in [5.41, 5.74) is 2.78. The summed E-state index contributed by atoms with van der Waals surface area (Å²) in [4.78, 5) is 25.7. The number of nitrogens with zero attached hydrogens (tertiary/aromatic N) is 1. The maximum Gasteiger partial charge on any atom is 0.331 e. The van der Waals surface area contributed by atoms with Crippen LogP contribution in [0.15, 0.2) is 42.5 Å². The lowest BCUT2D eigenvalue weighted by Crippen LogP contribution is -2.43. The van der Waals surface area contributed by atoms with Gasteiger partial charge in [-0.25, -0.2) is 4.79 Å². The fraction of sp³-hybridized carbons (Fsp3) is 0.263. The average molecular weight is 340 g/mol. The molecule has 0 saturated heterocycles. The highest BCUT2D eigenvalue weighted by Crippen LogP contribution is 2.32. The highest BCUT2D eigenvalue weighted by Gasteiger charge is 2.25. The molecule has 130 valence electrons. The summed E-state index contributed by atoms with van der Waals surface area (Å²) in [5.74, 6) is 0.746. The Morgan fingerprint density at radius 1 is 1.24 bits per heavy atom. The number of rotatable bonds is 5. The molecule has 0 bridgehead atoms. The molecule has 1 N–H and O–H groups in total. The Hall–Kier alpha value is -3.02. The molecule has 0 saturated carbocycles. The maximum absolute atomic E-state index is 12.3. The highest BCUT2D eigenvalue weighted by atomic mass is 16.5. The van der Waals surface area contributed by atoms with Crippen LogP contribution in [0.5, 0.6) is 11.5 Å². The van der Waals surface area contributed by atoms with E-state index in [0.29, 0.717) is 12.3 Å². The lowest BCUT2D eigenvalue weighted by Gasteiger charge is -2.29. The molecular formula is C19H20N2O4. The molecule has 2 aromatic rings. The van der Waals surface area contributed by atoms with E-state index in [9.17, 15) is 9.59 Å². The van der Waals surface area contributed by atoms with Gasteiger partial charge >= 0.3 is 5.97 Å². The van der Waals surface area contributed by atoms with Gasteiger partial charge in [0.2, 0.25) is 5.91 Å². The van der Waals surface area contributed by atoms with Gasteiger partial charge in [0, 0.05) is 6.54 Å². The maximum atomic E-state index is 12.3. The standard InChI is InChI=1S/C19H20N2O4/c1-13-3-8-17-16(9-13)21(12-19(23)25-17)11-18(22)20-10-14-4-6-15(24-2)7-5-14/h3-9H,10-12H2,1-2H3,(H,20,22). The van der Waals surface area contributed by atoms with Crippen LogP contribution in [-0.2, 0) is 16.1 Å². The van der Waals surface area contributed by atoms with Gasteiger partial charge in [-0.1, -0.05) is 18.2 Å². The van der Waals surface area contributed by atoms with Crippen molar-refractivity contribution in [2.75, 3.05) is 25.1 Å². The summed E-state index contributed by atoms with van der Waals surface area (Å²) in [7, 11) is 1.61. The van der Waals surface area contributed by atoms with Gasteiger partial charge in [-0.2, -0.15) is 0 Å². The summed E-state index contributed by atoms with van der Waals surface area (Å²) in [6.45, 7) is 2.54. The largest absolute Gasteiger partial charge is 0.497 e. The Balaban J connectivity index is 1.62. The molecule has 1 aliphatic rings. The fourth-order valence-corrected chi connectivity index (χ4v) is 2.67. The van der Waals surface area contributed by atoms with Gasteiger partial charge in [-0.3, -0.25) is 4.79 Å². The second kappa shape index (κ2) is 7.25. The molecule has 0 fully saturated rings. The predicted octanol–water partition coefficient (Wildman–Crippen LogP) is 2.05. The monoisotopic (exact) mass is 340 g/mol. The Morgan fingerprint density at radius 3 is 2.72 bits per heavy atom. The van der Waals surface area contributed by atoms with Crippen LogP contribution in [0.4, 0.5) is 5.69 Å². The first-order valence-corrected chi connectivity index (χ1v) is 8.01. The lowest BCUT2D eigenvalue weighted by molar-refractivity contribution is -0.133.